The fraction of sp³-hybridized carbons (Fsp3) is 0.294. The van der Waals surface area contributed by atoms with Crippen molar-refractivity contribution in [2.45, 2.75) is 23.5 Å². The van der Waals surface area contributed by atoms with Gasteiger partial charge in [-0.25, -0.2) is 8.42 Å². The van der Waals surface area contributed by atoms with Crippen molar-refractivity contribution < 1.29 is 22.4 Å². The van der Waals surface area contributed by atoms with Crippen molar-refractivity contribution in [1.29, 1.82) is 0 Å². The number of rotatable bonds is 8. The SMILES string of the molecule is CC(=O)NCCC(=O)NCC(c1ccco1)S(=O)(=O)c1ccc(Cl)cc1. The molecule has 2 aromatic rings. The molecular formula is C17H19ClN2O5S. The second kappa shape index (κ2) is 8.86. The minimum absolute atomic E-state index is 0.0471. The van der Waals surface area contributed by atoms with Gasteiger partial charge in [-0.1, -0.05) is 11.6 Å². The van der Waals surface area contributed by atoms with Crippen LogP contribution < -0.4 is 10.6 Å². The number of sulfone groups is 1. The minimum Gasteiger partial charge on any atom is -0.468 e. The molecule has 0 bridgehead atoms. The highest BCUT2D eigenvalue weighted by molar-refractivity contribution is 7.91. The van der Waals surface area contributed by atoms with E-state index in [1.54, 1.807) is 12.1 Å². The Balaban J connectivity index is 2.13. The van der Waals surface area contributed by atoms with Gasteiger partial charge in [-0.3, -0.25) is 9.59 Å². The van der Waals surface area contributed by atoms with E-state index in [4.69, 9.17) is 16.0 Å². The predicted molar refractivity (Wildman–Crippen MR) is 96.4 cm³/mol. The molecule has 0 saturated carbocycles. The number of nitrogens with one attached hydrogen (secondary N) is 2. The van der Waals surface area contributed by atoms with Crippen LogP contribution in [-0.2, 0) is 19.4 Å². The van der Waals surface area contributed by atoms with Gasteiger partial charge in [0.25, 0.3) is 0 Å². The van der Waals surface area contributed by atoms with Crippen LogP contribution in [0.25, 0.3) is 0 Å². The summed E-state index contributed by atoms with van der Waals surface area (Å²) >= 11 is 5.81. The molecule has 1 unspecified atom stereocenters. The zero-order valence-electron chi connectivity index (χ0n) is 14.1. The lowest BCUT2D eigenvalue weighted by Gasteiger charge is -2.17. The van der Waals surface area contributed by atoms with Gasteiger partial charge in [0.2, 0.25) is 11.8 Å². The summed E-state index contributed by atoms with van der Waals surface area (Å²) < 4.78 is 31.2. The average Bonchev–Trinajstić information content (AvgIpc) is 3.09. The highest BCUT2D eigenvalue weighted by atomic mass is 35.5. The Hall–Kier alpha value is -2.32. The maximum absolute atomic E-state index is 12.9. The summed E-state index contributed by atoms with van der Waals surface area (Å²) in [6.45, 7) is 1.37. The number of amides is 2. The number of hydrogen-bond donors (Lipinski definition) is 2. The van der Waals surface area contributed by atoms with E-state index in [-0.39, 0.29) is 42.0 Å². The maximum Gasteiger partial charge on any atom is 0.221 e. The smallest absolute Gasteiger partial charge is 0.221 e. The van der Waals surface area contributed by atoms with Crippen LogP contribution in [0.2, 0.25) is 5.02 Å². The van der Waals surface area contributed by atoms with E-state index < -0.39 is 15.1 Å². The normalized spacial score (nSPS) is 12.4. The molecule has 7 nitrogen and oxygen atoms in total. The van der Waals surface area contributed by atoms with Gasteiger partial charge < -0.3 is 15.1 Å². The van der Waals surface area contributed by atoms with Crippen molar-refractivity contribution in [1.82, 2.24) is 10.6 Å². The Labute approximate surface area is 156 Å². The molecule has 1 aromatic heterocycles. The van der Waals surface area contributed by atoms with Crippen LogP contribution in [0.5, 0.6) is 0 Å². The Kier molecular flexibility index (Phi) is 6.82. The van der Waals surface area contributed by atoms with Crippen molar-refractivity contribution in [3.8, 4) is 0 Å². The van der Waals surface area contributed by atoms with E-state index in [9.17, 15) is 18.0 Å². The molecule has 0 aliphatic rings. The largest absolute Gasteiger partial charge is 0.468 e. The van der Waals surface area contributed by atoms with E-state index in [0.29, 0.717) is 5.02 Å². The van der Waals surface area contributed by atoms with Gasteiger partial charge in [0.15, 0.2) is 9.84 Å². The Bertz CT molecular complexity index is 848. The van der Waals surface area contributed by atoms with Crippen LogP contribution in [0.1, 0.15) is 24.4 Å². The van der Waals surface area contributed by atoms with Crippen LogP contribution >= 0.6 is 11.6 Å². The van der Waals surface area contributed by atoms with E-state index >= 15 is 0 Å². The molecule has 0 radical (unpaired) electrons. The third-order valence-corrected chi connectivity index (χ3v) is 5.92. The first-order valence-corrected chi connectivity index (χ1v) is 9.77. The van der Waals surface area contributed by atoms with Crippen molar-refractivity contribution in [3.63, 3.8) is 0 Å². The van der Waals surface area contributed by atoms with Gasteiger partial charge >= 0.3 is 0 Å². The van der Waals surface area contributed by atoms with E-state index in [1.807, 2.05) is 0 Å². The maximum atomic E-state index is 12.9. The van der Waals surface area contributed by atoms with Crippen molar-refractivity contribution in [3.05, 3.63) is 53.4 Å². The summed E-state index contributed by atoms with van der Waals surface area (Å²) in [5.41, 5.74) is 0. The van der Waals surface area contributed by atoms with Crippen LogP contribution in [0.15, 0.2) is 52.0 Å². The summed E-state index contributed by atoms with van der Waals surface area (Å²) in [4.78, 5) is 22.8. The first-order valence-electron chi connectivity index (χ1n) is 7.84. The standard InChI is InChI=1S/C17H19ClN2O5S/c1-12(21)19-9-8-17(22)20-11-16(15-3-2-10-25-15)26(23,24)14-6-4-13(18)5-7-14/h2-7,10,16H,8-9,11H2,1H3,(H,19,21)(H,20,22). The molecule has 1 heterocycles. The molecule has 0 spiro atoms. The molecule has 9 heteroatoms. The van der Waals surface area contributed by atoms with Crippen molar-refractivity contribution >= 4 is 33.3 Å². The van der Waals surface area contributed by atoms with E-state index in [0.717, 1.165) is 0 Å². The zero-order chi connectivity index (χ0) is 19.2. The number of benzene rings is 1. The Morgan fingerprint density at radius 1 is 1.15 bits per heavy atom. The summed E-state index contributed by atoms with van der Waals surface area (Å²) in [5, 5.41) is 4.42. The first kappa shape index (κ1) is 20.0. The Morgan fingerprint density at radius 3 is 2.42 bits per heavy atom. The van der Waals surface area contributed by atoms with E-state index in [1.165, 1.54) is 37.5 Å². The number of carbonyl (C=O) groups is 2. The molecule has 2 N–H and O–H groups in total. The van der Waals surface area contributed by atoms with Gasteiger partial charge in [0, 0.05) is 31.5 Å². The highest BCUT2D eigenvalue weighted by Gasteiger charge is 2.31. The van der Waals surface area contributed by atoms with Gasteiger partial charge in [0.05, 0.1) is 11.2 Å². The molecule has 1 atom stereocenters. The average molecular weight is 399 g/mol. The number of carbonyl (C=O) groups excluding carboxylic acids is 2. The second-order valence-electron chi connectivity index (χ2n) is 5.54. The predicted octanol–water partition coefficient (Wildman–Crippen LogP) is 2.09. The van der Waals surface area contributed by atoms with Crippen LogP contribution in [0, 0.1) is 0 Å². The second-order valence-corrected chi connectivity index (χ2v) is 8.11. The van der Waals surface area contributed by atoms with Gasteiger partial charge in [-0.15, -0.1) is 0 Å². The van der Waals surface area contributed by atoms with Crippen molar-refractivity contribution in [2.24, 2.45) is 0 Å². The minimum atomic E-state index is -3.81. The van der Waals surface area contributed by atoms with E-state index in [2.05, 4.69) is 10.6 Å². The number of hydrogen-bond acceptors (Lipinski definition) is 5. The number of halogens is 1. The highest BCUT2D eigenvalue weighted by Crippen LogP contribution is 2.29. The lowest BCUT2D eigenvalue weighted by atomic mass is 10.3. The quantitative estimate of drug-likeness (QED) is 0.708. The zero-order valence-corrected chi connectivity index (χ0v) is 15.6. The van der Waals surface area contributed by atoms with Crippen molar-refractivity contribution in [2.75, 3.05) is 13.1 Å². The third-order valence-electron chi connectivity index (χ3n) is 3.59. The summed E-state index contributed by atoms with van der Waals surface area (Å²) in [7, 11) is -3.81. The van der Waals surface area contributed by atoms with Gasteiger partial charge in [-0.05, 0) is 36.4 Å². The summed E-state index contributed by atoms with van der Waals surface area (Å²) in [6.07, 6.45) is 1.42. The third kappa shape index (κ3) is 5.34. The Morgan fingerprint density at radius 2 is 1.85 bits per heavy atom. The lowest BCUT2D eigenvalue weighted by Crippen LogP contribution is -2.34. The van der Waals surface area contributed by atoms with Crippen LogP contribution in [0.4, 0.5) is 0 Å². The summed E-state index contributed by atoms with van der Waals surface area (Å²) in [5.74, 6) is -0.389. The molecule has 1 aromatic carbocycles. The molecule has 2 amide bonds. The first-order chi connectivity index (χ1) is 12.3. The molecule has 26 heavy (non-hydrogen) atoms. The fourth-order valence-corrected chi connectivity index (χ4v) is 3.99. The molecule has 140 valence electrons. The topological polar surface area (TPSA) is 105 Å². The van der Waals surface area contributed by atoms with Crippen LogP contribution in [0.3, 0.4) is 0 Å². The molecule has 0 aliphatic heterocycles. The fourth-order valence-electron chi connectivity index (χ4n) is 2.27. The monoisotopic (exact) mass is 398 g/mol. The summed E-state index contributed by atoms with van der Waals surface area (Å²) in [6, 6.07) is 8.91. The lowest BCUT2D eigenvalue weighted by molar-refractivity contribution is -0.121. The number of furan rings is 1. The van der Waals surface area contributed by atoms with Gasteiger partial charge in [0.1, 0.15) is 11.0 Å². The molecule has 2 rings (SSSR count). The molecule has 0 saturated heterocycles. The van der Waals surface area contributed by atoms with Gasteiger partial charge in [-0.2, -0.15) is 0 Å². The molecule has 0 aliphatic carbocycles. The molecular weight excluding hydrogens is 380 g/mol. The van der Waals surface area contributed by atoms with Crippen LogP contribution in [-0.4, -0.2) is 33.3 Å². The molecule has 0 fully saturated rings.